The summed E-state index contributed by atoms with van der Waals surface area (Å²) in [7, 11) is 0. The summed E-state index contributed by atoms with van der Waals surface area (Å²) in [6, 6.07) is 2.93. The summed E-state index contributed by atoms with van der Waals surface area (Å²) in [4.78, 5) is 11.8. The van der Waals surface area contributed by atoms with Crippen LogP contribution in [0.2, 0.25) is 0 Å². The number of hydrogen-bond acceptors (Lipinski definition) is 2. The highest BCUT2D eigenvalue weighted by Gasteiger charge is 2.31. The third kappa shape index (κ3) is 3.26. The molecule has 0 aliphatic heterocycles. The first kappa shape index (κ1) is 13.0. The molecule has 0 radical (unpaired) electrons. The zero-order valence-corrected chi connectivity index (χ0v) is 10.0. The minimum absolute atomic E-state index is 0.124. The van der Waals surface area contributed by atoms with Gasteiger partial charge in [0.15, 0.2) is 0 Å². The second-order valence-electron chi connectivity index (χ2n) is 4.95. The predicted molar refractivity (Wildman–Crippen MR) is 65.0 cm³/mol. The van der Waals surface area contributed by atoms with Gasteiger partial charge in [0.1, 0.15) is 11.6 Å². The monoisotopic (exact) mass is 254 g/mol. The highest BCUT2D eigenvalue weighted by atomic mass is 19.1. The van der Waals surface area contributed by atoms with Crippen LogP contribution in [0.3, 0.4) is 0 Å². The van der Waals surface area contributed by atoms with Gasteiger partial charge in [-0.05, 0) is 25.0 Å². The van der Waals surface area contributed by atoms with Gasteiger partial charge in [-0.25, -0.2) is 8.78 Å². The number of anilines is 1. The molecule has 0 unspecified atom stereocenters. The Balaban J connectivity index is 1.98. The Kier molecular flexibility index (Phi) is 3.61. The molecule has 1 saturated carbocycles. The SMILES string of the molecule is NC1(CC(=O)Nc2cc(F)cc(F)c2)CCCC1. The molecule has 0 saturated heterocycles. The molecule has 1 aromatic rings. The summed E-state index contributed by atoms with van der Waals surface area (Å²) < 4.78 is 25.9. The van der Waals surface area contributed by atoms with Crippen LogP contribution >= 0.6 is 0 Å². The van der Waals surface area contributed by atoms with Crippen molar-refractivity contribution in [1.29, 1.82) is 0 Å². The van der Waals surface area contributed by atoms with E-state index in [1.807, 2.05) is 0 Å². The Morgan fingerprint density at radius 3 is 2.33 bits per heavy atom. The van der Waals surface area contributed by atoms with Crippen LogP contribution in [0.5, 0.6) is 0 Å². The summed E-state index contributed by atoms with van der Waals surface area (Å²) in [6.45, 7) is 0. The number of benzene rings is 1. The molecule has 3 N–H and O–H groups in total. The first-order chi connectivity index (χ1) is 8.47. The van der Waals surface area contributed by atoms with Gasteiger partial charge in [0, 0.05) is 23.7 Å². The van der Waals surface area contributed by atoms with Crippen LogP contribution < -0.4 is 11.1 Å². The predicted octanol–water partition coefficient (Wildman–Crippen LogP) is 2.56. The molecular formula is C13H16F2N2O. The Hall–Kier alpha value is -1.49. The first-order valence-corrected chi connectivity index (χ1v) is 6.02. The quantitative estimate of drug-likeness (QED) is 0.871. The van der Waals surface area contributed by atoms with Crippen LogP contribution in [0.25, 0.3) is 0 Å². The fourth-order valence-electron chi connectivity index (χ4n) is 2.41. The highest BCUT2D eigenvalue weighted by Crippen LogP contribution is 2.30. The van der Waals surface area contributed by atoms with E-state index in [4.69, 9.17) is 5.73 Å². The Morgan fingerprint density at radius 1 is 1.22 bits per heavy atom. The Labute approximate surface area is 104 Å². The molecule has 98 valence electrons. The molecule has 1 aromatic carbocycles. The van der Waals surface area contributed by atoms with Crippen molar-refractivity contribution in [2.75, 3.05) is 5.32 Å². The zero-order chi connectivity index (χ0) is 13.2. The normalized spacial score (nSPS) is 17.7. The summed E-state index contributed by atoms with van der Waals surface area (Å²) >= 11 is 0. The molecule has 1 aliphatic carbocycles. The number of rotatable bonds is 3. The average molecular weight is 254 g/mol. The topological polar surface area (TPSA) is 55.1 Å². The summed E-state index contributed by atoms with van der Waals surface area (Å²) in [5.41, 5.74) is 5.73. The summed E-state index contributed by atoms with van der Waals surface area (Å²) in [5.74, 6) is -1.73. The number of amides is 1. The van der Waals surface area contributed by atoms with Crippen molar-refractivity contribution in [2.24, 2.45) is 5.73 Å². The van der Waals surface area contributed by atoms with Gasteiger partial charge in [-0.3, -0.25) is 4.79 Å². The van der Waals surface area contributed by atoms with Gasteiger partial charge in [0.25, 0.3) is 0 Å². The van der Waals surface area contributed by atoms with E-state index in [9.17, 15) is 13.6 Å². The third-order valence-electron chi connectivity index (χ3n) is 3.26. The van der Waals surface area contributed by atoms with Crippen LogP contribution in [0.15, 0.2) is 18.2 Å². The lowest BCUT2D eigenvalue weighted by Gasteiger charge is -2.22. The van der Waals surface area contributed by atoms with Crippen molar-refractivity contribution < 1.29 is 13.6 Å². The van der Waals surface area contributed by atoms with Gasteiger partial charge in [0.2, 0.25) is 5.91 Å². The fourth-order valence-corrected chi connectivity index (χ4v) is 2.41. The standard InChI is InChI=1S/C13H16F2N2O/c14-9-5-10(15)7-11(6-9)17-12(18)8-13(16)3-1-2-4-13/h5-7H,1-4,8,16H2,(H,17,18). The van der Waals surface area contributed by atoms with E-state index in [1.165, 1.54) is 0 Å². The van der Waals surface area contributed by atoms with E-state index in [-0.39, 0.29) is 18.0 Å². The van der Waals surface area contributed by atoms with Gasteiger partial charge in [-0.2, -0.15) is 0 Å². The zero-order valence-electron chi connectivity index (χ0n) is 10.0. The maximum Gasteiger partial charge on any atom is 0.226 e. The van der Waals surface area contributed by atoms with Gasteiger partial charge in [-0.15, -0.1) is 0 Å². The van der Waals surface area contributed by atoms with Crippen molar-refractivity contribution in [3.8, 4) is 0 Å². The Morgan fingerprint density at radius 2 is 1.78 bits per heavy atom. The van der Waals surface area contributed by atoms with Gasteiger partial charge >= 0.3 is 0 Å². The van der Waals surface area contributed by atoms with Crippen molar-refractivity contribution >= 4 is 11.6 Å². The molecule has 3 nitrogen and oxygen atoms in total. The molecule has 0 spiro atoms. The number of nitrogens with two attached hydrogens (primary N) is 1. The van der Waals surface area contributed by atoms with Crippen molar-refractivity contribution in [1.82, 2.24) is 0 Å². The van der Waals surface area contributed by atoms with E-state index < -0.39 is 17.2 Å². The lowest BCUT2D eigenvalue weighted by Crippen LogP contribution is -2.40. The Bertz CT molecular complexity index is 436. The molecule has 1 amide bonds. The van der Waals surface area contributed by atoms with E-state index in [1.54, 1.807) is 0 Å². The molecule has 1 fully saturated rings. The molecule has 0 bridgehead atoms. The molecular weight excluding hydrogens is 238 g/mol. The number of nitrogens with one attached hydrogen (secondary N) is 1. The van der Waals surface area contributed by atoms with Crippen molar-refractivity contribution in [2.45, 2.75) is 37.6 Å². The van der Waals surface area contributed by atoms with Gasteiger partial charge < -0.3 is 11.1 Å². The fraction of sp³-hybridized carbons (Fsp3) is 0.462. The number of hydrogen-bond donors (Lipinski definition) is 2. The van der Waals surface area contributed by atoms with Crippen LogP contribution in [-0.2, 0) is 4.79 Å². The van der Waals surface area contributed by atoms with E-state index in [2.05, 4.69) is 5.32 Å². The largest absolute Gasteiger partial charge is 0.326 e. The van der Waals surface area contributed by atoms with E-state index >= 15 is 0 Å². The maximum atomic E-state index is 12.9. The lowest BCUT2D eigenvalue weighted by molar-refractivity contribution is -0.117. The number of carbonyl (C=O) groups is 1. The van der Waals surface area contributed by atoms with Crippen LogP contribution in [-0.4, -0.2) is 11.4 Å². The molecule has 1 aliphatic rings. The first-order valence-electron chi connectivity index (χ1n) is 6.02. The van der Waals surface area contributed by atoms with E-state index in [0.29, 0.717) is 0 Å². The van der Waals surface area contributed by atoms with Crippen LogP contribution in [0, 0.1) is 11.6 Å². The molecule has 18 heavy (non-hydrogen) atoms. The lowest BCUT2D eigenvalue weighted by atomic mass is 9.94. The molecule has 0 heterocycles. The second-order valence-corrected chi connectivity index (χ2v) is 4.95. The van der Waals surface area contributed by atoms with Crippen LogP contribution in [0.4, 0.5) is 14.5 Å². The van der Waals surface area contributed by atoms with Crippen molar-refractivity contribution in [3.05, 3.63) is 29.8 Å². The third-order valence-corrected chi connectivity index (χ3v) is 3.26. The smallest absolute Gasteiger partial charge is 0.226 e. The molecule has 0 atom stereocenters. The van der Waals surface area contributed by atoms with Gasteiger partial charge in [0.05, 0.1) is 0 Å². The number of halogens is 2. The number of carbonyl (C=O) groups excluding carboxylic acids is 1. The average Bonchev–Trinajstić information content (AvgIpc) is 2.62. The van der Waals surface area contributed by atoms with Crippen molar-refractivity contribution in [3.63, 3.8) is 0 Å². The second kappa shape index (κ2) is 5.02. The minimum Gasteiger partial charge on any atom is -0.326 e. The summed E-state index contributed by atoms with van der Waals surface area (Å²) in [6.07, 6.45) is 3.87. The highest BCUT2D eigenvalue weighted by molar-refractivity contribution is 5.91. The maximum absolute atomic E-state index is 12.9. The molecule has 5 heteroatoms. The molecule has 2 rings (SSSR count). The van der Waals surface area contributed by atoms with Crippen LogP contribution in [0.1, 0.15) is 32.1 Å². The summed E-state index contributed by atoms with van der Waals surface area (Å²) in [5, 5.41) is 2.48. The molecule has 0 aromatic heterocycles. The van der Waals surface area contributed by atoms with E-state index in [0.717, 1.165) is 43.9 Å². The van der Waals surface area contributed by atoms with Gasteiger partial charge in [-0.1, -0.05) is 12.8 Å². The minimum atomic E-state index is -0.714.